The topological polar surface area (TPSA) is 77.8 Å². The summed E-state index contributed by atoms with van der Waals surface area (Å²) in [5.41, 5.74) is 5.20. The molecule has 0 aliphatic carbocycles. The van der Waals surface area contributed by atoms with Crippen LogP contribution in [-0.4, -0.2) is 71.2 Å². The summed E-state index contributed by atoms with van der Waals surface area (Å²) in [4.78, 5) is 18.1. The second-order valence-electron chi connectivity index (χ2n) is 9.18. The molecule has 0 unspecified atom stereocenters. The molecule has 0 radical (unpaired) electrons. The van der Waals surface area contributed by atoms with Crippen molar-refractivity contribution < 1.29 is 18.9 Å². The largest absolute Gasteiger partial charge is 0.497 e. The van der Waals surface area contributed by atoms with Crippen LogP contribution in [0.3, 0.4) is 0 Å². The molecule has 0 bridgehead atoms. The van der Waals surface area contributed by atoms with Crippen LogP contribution in [-0.2, 0) is 12.0 Å². The summed E-state index contributed by atoms with van der Waals surface area (Å²) in [6, 6.07) is 11.9. The fourth-order valence-electron chi connectivity index (χ4n) is 4.68. The number of fused-ring (bicyclic) bond motifs is 1. The Balaban J connectivity index is 1.49. The van der Waals surface area contributed by atoms with Gasteiger partial charge in [-0.3, -0.25) is 9.67 Å². The molecule has 0 atom stereocenters. The first kappa shape index (κ1) is 24.9. The fraction of sp³-hybridized carbons (Fsp3) is 0.370. The summed E-state index contributed by atoms with van der Waals surface area (Å²) in [5.74, 6) is 1.42. The van der Waals surface area contributed by atoms with Gasteiger partial charge in [0.1, 0.15) is 17.6 Å². The molecule has 194 valence electrons. The second kappa shape index (κ2) is 11.1. The zero-order valence-electron chi connectivity index (χ0n) is 21.3. The summed E-state index contributed by atoms with van der Waals surface area (Å²) in [5, 5.41) is 4.25. The minimum absolute atomic E-state index is 0.303. The fourth-order valence-corrected chi connectivity index (χ4v) is 4.68. The number of piperidine rings is 1. The van der Waals surface area contributed by atoms with Crippen molar-refractivity contribution >= 4 is 22.4 Å². The maximum atomic E-state index is 12.6. The highest BCUT2D eigenvalue weighted by atomic mass is 19.3. The van der Waals surface area contributed by atoms with Gasteiger partial charge in [0.05, 0.1) is 43.3 Å². The molecular weight excluding hydrogens is 475 g/mol. The van der Waals surface area contributed by atoms with Gasteiger partial charge in [-0.05, 0) is 35.6 Å². The Morgan fingerprint density at radius 3 is 2.38 bits per heavy atom. The normalized spacial score (nSPS) is 14.7. The van der Waals surface area contributed by atoms with Crippen LogP contribution in [0.5, 0.6) is 11.5 Å². The SMILES string of the molecule is COc1cc(OC)cc(N(CCN2CCC(OF)CC2)c2ccc3ncc(-c4cnn(C)c4)nc3c2)c1. The van der Waals surface area contributed by atoms with Crippen LogP contribution in [0.25, 0.3) is 22.3 Å². The van der Waals surface area contributed by atoms with Gasteiger partial charge in [0, 0.05) is 74.6 Å². The van der Waals surface area contributed by atoms with Crippen molar-refractivity contribution in [2.24, 2.45) is 7.05 Å². The maximum Gasteiger partial charge on any atom is 0.124 e. The Morgan fingerprint density at radius 2 is 1.73 bits per heavy atom. The summed E-state index contributed by atoms with van der Waals surface area (Å²) >= 11 is 0. The third-order valence-corrected chi connectivity index (χ3v) is 6.79. The molecule has 1 saturated heterocycles. The quantitative estimate of drug-likeness (QED) is 0.327. The van der Waals surface area contributed by atoms with E-state index in [0.717, 1.165) is 53.3 Å². The molecule has 1 aliphatic rings. The molecule has 4 aromatic rings. The Labute approximate surface area is 215 Å². The van der Waals surface area contributed by atoms with E-state index in [1.165, 1.54) is 0 Å². The van der Waals surface area contributed by atoms with Gasteiger partial charge in [0.2, 0.25) is 0 Å². The van der Waals surface area contributed by atoms with Crippen molar-refractivity contribution in [3.8, 4) is 22.8 Å². The molecule has 2 aromatic carbocycles. The predicted molar refractivity (Wildman–Crippen MR) is 140 cm³/mol. The van der Waals surface area contributed by atoms with Gasteiger partial charge in [-0.25, -0.2) is 4.98 Å². The molecule has 0 saturated carbocycles. The predicted octanol–water partition coefficient (Wildman–Crippen LogP) is 4.55. The first-order chi connectivity index (χ1) is 18.1. The summed E-state index contributed by atoms with van der Waals surface area (Å²) in [6.45, 7) is 3.10. The number of halogens is 1. The first-order valence-corrected chi connectivity index (χ1v) is 12.3. The number of ether oxygens (including phenoxy) is 2. The zero-order valence-corrected chi connectivity index (χ0v) is 21.3. The number of anilines is 2. The van der Waals surface area contributed by atoms with E-state index in [-0.39, 0.29) is 6.10 Å². The smallest absolute Gasteiger partial charge is 0.124 e. The van der Waals surface area contributed by atoms with Crippen molar-refractivity contribution in [1.29, 1.82) is 0 Å². The van der Waals surface area contributed by atoms with Gasteiger partial charge in [-0.2, -0.15) is 10.0 Å². The van der Waals surface area contributed by atoms with Crippen LogP contribution in [0.2, 0.25) is 0 Å². The van der Waals surface area contributed by atoms with Crippen LogP contribution < -0.4 is 14.4 Å². The molecule has 2 aromatic heterocycles. The molecule has 9 nitrogen and oxygen atoms in total. The van der Waals surface area contributed by atoms with E-state index in [2.05, 4.69) is 37.0 Å². The molecule has 0 amide bonds. The summed E-state index contributed by atoms with van der Waals surface area (Å²) < 4.78 is 25.4. The number of aromatic nitrogens is 4. The van der Waals surface area contributed by atoms with E-state index >= 15 is 0 Å². The van der Waals surface area contributed by atoms with Crippen LogP contribution in [0.15, 0.2) is 55.0 Å². The van der Waals surface area contributed by atoms with Crippen molar-refractivity contribution in [3.63, 3.8) is 0 Å². The van der Waals surface area contributed by atoms with Crippen molar-refractivity contribution in [1.82, 2.24) is 24.6 Å². The lowest BCUT2D eigenvalue weighted by Crippen LogP contribution is -2.40. The van der Waals surface area contributed by atoms with Gasteiger partial charge in [0.15, 0.2) is 0 Å². The van der Waals surface area contributed by atoms with Gasteiger partial charge >= 0.3 is 0 Å². The van der Waals surface area contributed by atoms with E-state index in [9.17, 15) is 4.53 Å². The number of methoxy groups -OCH3 is 2. The summed E-state index contributed by atoms with van der Waals surface area (Å²) in [7, 11) is 5.17. The number of likely N-dealkylation sites (tertiary alicyclic amines) is 1. The molecule has 0 spiro atoms. The van der Waals surface area contributed by atoms with E-state index < -0.39 is 0 Å². The highest BCUT2D eigenvalue weighted by molar-refractivity contribution is 5.82. The zero-order chi connectivity index (χ0) is 25.8. The average molecular weight is 507 g/mol. The third-order valence-electron chi connectivity index (χ3n) is 6.79. The molecular formula is C27H31FN6O3. The lowest BCUT2D eigenvalue weighted by molar-refractivity contribution is -0.190. The Bertz CT molecular complexity index is 1330. The van der Waals surface area contributed by atoms with Crippen LogP contribution in [0, 0.1) is 0 Å². The minimum Gasteiger partial charge on any atom is -0.497 e. The first-order valence-electron chi connectivity index (χ1n) is 12.3. The number of hydrogen-bond donors (Lipinski definition) is 0. The number of aryl methyl sites for hydroxylation is 1. The standard InChI is InChI=1S/C27H31FN6O3/c1-32-18-19(16-30-32)27-17-29-25-5-4-20(14-26(25)31-27)34(11-10-33-8-6-22(37-28)7-9-33)21-12-23(35-2)15-24(13-21)36-3/h4-5,12-18,22H,6-11H2,1-3H3. The van der Waals surface area contributed by atoms with Crippen molar-refractivity contribution in [2.75, 3.05) is 45.3 Å². The van der Waals surface area contributed by atoms with E-state index in [1.54, 1.807) is 31.3 Å². The molecule has 0 N–H and O–H groups in total. The molecule has 5 rings (SSSR count). The highest BCUT2D eigenvalue weighted by Crippen LogP contribution is 2.34. The van der Waals surface area contributed by atoms with Crippen molar-refractivity contribution in [2.45, 2.75) is 18.9 Å². The monoisotopic (exact) mass is 506 g/mol. The van der Waals surface area contributed by atoms with E-state index in [1.807, 2.05) is 37.5 Å². The molecule has 37 heavy (non-hydrogen) atoms. The molecule has 10 heteroatoms. The average Bonchev–Trinajstić information content (AvgIpc) is 3.39. The van der Waals surface area contributed by atoms with Gasteiger partial charge < -0.3 is 19.3 Å². The van der Waals surface area contributed by atoms with E-state index in [4.69, 9.17) is 14.5 Å². The molecule has 3 heterocycles. The molecule has 1 fully saturated rings. The number of nitrogens with zero attached hydrogens (tertiary/aromatic N) is 6. The van der Waals surface area contributed by atoms with Crippen LogP contribution in [0.1, 0.15) is 12.8 Å². The lowest BCUT2D eigenvalue weighted by atomic mass is 10.1. The van der Waals surface area contributed by atoms with Crippen molar-refractivity contribution in [3.05, 3.63) is 55.0 Å². The Kier molecular flexibility index (Phi) is 7.47. The minimum atomic E-state index is -0.303. The Hall–Kier alpha value is -3.76. The van der Waals surface area contributed by atoms with Gasteiger partial charge in [-0.1, -0.05) is 0 Å². The Morgan fingerprint density at radius 1 is 0.973 bits per heavy atom. The van der Waals surface area contributed by atoms with Gasteiger partial charge in [0.25, 0.3) is 0 Å². The third kappa shape index (κ3) is 5.65. The maximum absolute atomic E-state index is 12.6. The number of benzene rings is 2. The number of hydrogen-bond acceptors (Lipinski definition) is 8. The van der Waals surface area contributed by atoms with Gasteiger partial charge in [-0.15, -0.1) is 0 Å². The van der Waals surface area contributed by atoms with Crippen LogP contribution >= 0.6 is 0 Å². The highest BCUT2D eigenvalue weighted by Gasteiger charge is 2.22. The van der Waals surface area contributed by atoms with E-state index in [0.29, 0.717) is 30.9 Å². The second-order valence-corrected chi connectivity index (χ2v) is 9.18. The van der Waals surface area contributed by atoms with Crippen LogP contribution in [0.4, 0.5) is 15.9 Å². The lowest BCUT2D eigenvalue weighted by Gasteiger charge is -2.33. The molecule has 1 aliphatic heterocycles. The number of rotatable bonds is 9. The summed E-state index contributed by atoms with van der Waals surface area (Å²) in [6.07, 6.45) is 6.55.